The summed E-state index contributed by atoms with van der Waals surface area (Å²) in [6, 6.07) is 8.48. The summed E-state index contributed by atoms with van der Waals surface area (Å²) in [6.07, 6.45) is 0.839. The average molecular weight is 262 g/mol. The number of rotatable bonds is 5. The van der Waals surface area contributed by atoms with Crippen molar-refractivity contribution in [2.45, 2.75) is 32.5 Å². The number of nitrogens with one attached hydrogen (secondary N) is 1. The number of hydrogen-bond donors (Lipinski definition) is 1. The number of carbonyl (C=O) groups excluding carboxylic acids is 1. The quantitative estimate of drug-likeness (QED) is 0.880. The topological polar surface area (TPSA) is 41.6 Å². The summed E-state index contributed by atoms with van der Waals surface area (Å²) in [7, 11) is 1.69. The van der Waals surface area contributed by atoms with Crippen molar-refractivity contribution < 1.29 is 9.53 Å². The van der Waals surface area contributed by atoms with E-state index in [1.165, 1.54) is 5.56 Å². The van der Waals surface area contributed by atoms with Crippen molar-refractivity contribution in [2.24, 2.45) is 0 Å². The molecule has 1 heterocycles. The highest BCUT2D eigenvalue weighted by Gasteiger charge is 2.34. The summed E-state index contributed by atoms with van der Waals surface area (Å²) < 4.78 is 5.11. The van der Waals surface area contributed by atoms with E-state index in [2.05, 4.69) is 37.4 Å². The molecule has 0 aliphatic carbocycles. The lowest BCUT2D eigenvalue weighted by Gasteiger charge is -2.30. The molecule has 1 N–H and O–H groups in total. The lowest BCUT2D eigenvalue weighted by Crippen LogP contribution is -2.38. The average Bonchev–Trinajstić information content (AvgIpc) is 2.78. The standard InChI is InChI=1S/C15H22N2O2/c1-11-5-4-6-13(9-11)15-16-10-14(18)17(15)12(2)7-8-19-3/h4-6,9,12,15-16H,7-8,10H2,1-3H3. The Hall–Kier alpha value is -1.39. The molecule has 1 aliphatic rings. The van der Waals surface area contributed by atoms with E-state index in [0.29, 0.717) is 13.2 Å². The van der Waals surface area contributed by atoms with Crippen molar-refractivity contribution in [3.63, 3.8) is 0 Å². The van der Waals surface area contributed by atoms with Crippen molar-refractivity contribution in [1.82, 2.24) is 10.2 Å². The number of aryl methyl sites for hydroxylation is 1. The molecule has 0 spiro atoms. The van der Waals surface area contributed by atoms with Crippen LogP contribution in [0, 0.1) is 6.92 Å². The summed E-state index contributed by atoms with van der Waals surface area (Å²) in [5.41, 5.74) is 2.36. The molecule has 4 nitrogen and oxygen atoms in total. The number of hydrogen-bond acceptors (Lipinski definition) is 3. The second-order valence-corrected chi connectivity index (χ2v) is 5.13. The van der Waals surface area contributed by atoms with Crippen molar-refractivity contribution in [2.75, 3.05) is 20.3 Å². The summed E-state index contributed by atoms with van der Waals surface area (Å²) in [5, 5.41) is 3.29. The van der Waals surface area contributed by atoms with Gasteiger partial charge < -0.3 is 9.64 Å². The molecule has 0 aromatic heterocycles. The van der Waals surface area contributed by atoms with Gasteiger partial charge in [0.1, 0.15) is 6.17 Å². The van der Waals surface area contributed by atoms with Gasteiger partial charge >= 0.3 is 0 Å². The van der Waals surface area contributed by atoms with E-state index < -0.39 is 0 Å². The molecule has 0 bridgehead atoms. The van der Waals surface area contributed by atoms with Crippen LogP contribution >= 0.6 is 0 Å². The van der Waals surface area contributed by atoms with Gasteiger partial charge in [0, 0.05) is 19.8 Å². The van der Waals surface area contributed by atoms with Gasteiger partial charge in [0.15, 0.2) is 0 Å². The number of carbonyl (C=O) groups is 1. The molecule has 2 unspecified atom stereocenters. The lowest BCUT2D eigenvalue weighted by atomic mass is 10.1. The maximum absolute atomic E-state index is 12.1. The highest BCUT2D eigenvalue weighted by atomic mass is 16.5. The van der Waals surface area contributed by atoms with Crippen LogP contribution in [0.5, 0.6) is 0 Å². The maximum Gasteiger partial charge on any atom is 0.238 e. The number of methoxy groups -OCH3 is 1. The zero-order valence-corrected chi connectivity index (χ0v) is 11.8. The SMILES string of the molecule is COCCC(C)N1C(=O)CNC1c1cccc(C)c1. The van der Waals surface area contributed by atoms with Crippen molar-refractivity contribution in [3.05, 3.63) is 35.4 Å². The minimum absolute atomic E-state index is 0.0146. The Morgan fingerprint density at radius 1 is 1.53 bits per heavy atom. The van der Waals surface area contributed by atoms with Crippen LogP contribution in [0.1, 0.15) is 30.6 Å². The minimum atomic E-state index is -0.0146. The lowest BCUT2D eigenvalue weighted by molar-refractivity contribution is -0.130. The van der Waals surface area contributed by atoms with Crippen LogP contribution in [0.2, 0.25) is 0 Å². The number of ether oxygens (including phenoxy) is 1. The van der Waals surface area contributed by atoms with E-state index in [9.17, 15) is 4.79 Å². The zero-order chi connectivity index (χ0) is 13.8. The van der Waals surface area contributed by atoms with E-state index in [4.69, 9.17) is 4.74 Å². The smallest absolute Gasteiger partial charge is 0.238 e. The molecule has 2 rings (SSSR count). The zero-order valence-electron chi connectivity index (χ0n) is 11.8. The highest BCUT2D eigenvalue weighted by molar-refractivity contribution is 5.81. The third-order valence-electron chi connectivity index (χ3n) is 3.59. The monoisotopic (exact) mass is 262 g/mol. The van der Waals surface area contributed by atoms with Gasteiger partial charge in [-0.15, -0.1) is 0 Å². The minimum Gasteiger partial charge on any atom is -0.385 e. The first-order chi connectivity index (χ1) is 9.13. The molecule has 1 saturated heterocycles. The van der Waals surface area contributed by atoms with Gasteiger partial charge in [-0.3, -0.25) is 10.1 Å². The van der Waals surface area contributed by atoms with Crippen LogP contribution < -0.4 is 5.32 Å². The fourth-order valence-corrected chi connectivity index (χ4v) is 2.56. The van der Waals surface area contributed by atoms with Gasteiger partial charge in [0.2, 0.25) is 5.91 Å². The van der Waals surface area contributed by atoms with Gasteiger partial charge in [0.25, 0.3) is 0 Å². The first kappa shape index (κ1) is 14.0. The Bertz CT molecular complexity index is 448. The number of nitrogens with zero attached hydrogens (tertiary/aromatic N) is 1. The summed E-state index contributed by atoms with van der Waals surface area (Å²) in [6.45, 7) is 5.23. The Balaban J connectivity index is 2.17. The van der Waals surface area contributed by atoms with Gasteiger partial charge in [-0.25, -0.2) is 0 Å². The third kappa shape index (κ3) is 3.14. The highest BCUT2D eigenvalue weighted by Crippen LogP contribution is 2.26. The van der Waals surface area contributed by atoms with E-state index in [1.807, 2.05) is 11.0 Å². The molecular weight excluding hydrogens is 240 g/mol. The van der Waals surface area contributed by atoms with Gasteiger partial charge in [-0.1, -0.05) is 29.8 Å². The second kappa shape index (κ2) is 6.17. The van der Waals surface area contributed by atoms with Crippen molar-refractivity contribution in [1.29, 1.82) is 0 Å². The molecular formula is C15H22N2O2. The van der Waals surface area contributed by atoms with Crippen LogP contribution in [-0.4, -0.2) is 37.1 Å². The predicted octanol–water partition coefficient (Wildman–Crippen LogP) is 1.85. The fourth-order valence-electron chi connectivity index (χ4n) is 2.56. The predicted molar refractivity (Wildman–Crippen MR) is 74.7 cm³/mol. The molecule has 0 radical (unpaired) electrons. The molecule has 0 saturated carbocycles. The van der Waals surface area contributed by atoms with Crippen LogP contribution in [0.4, 0.5) is 0 Å². The molecule has 1 amide bonds. The normalized spacial score (nSPS) is 20.9. The van der Waals surface area contributed by atoms with Crippen LogP contribution in [0.25, 0.3) is 0 Å². The molecule has 1 aromatic carbocycles. The second-order valence-electron chi connectivity index (χ2n) is 5.13. The van der Waals surface area contributed by atoms with E-state index in [-0.39, 0.29) is 18.1 Å². The summed E-state index contributed by atoms with van der Waals surface area (Å²) in [4.78, 5) is 14.0. The van der Waals surface area contributed by atoms with E-state index >= 15 is 0 Å². The van der Waals surface area contributed by atoms with Gasteiger partial charge in [-0.05, 0) is 25.8 Å². The summed E-state index contributed by atoms with van der Waals surface area (Å²) >= 11 is 0. The van der Waals surface area contributed by atoms with E-state index in [0.717, 1.165) is 12.0 Å². The Morgan fingerprint density at radius 3 is 3.00 bits per heavy atom. The third-order valence-corrected chi connectivity index (χ3v) is 3.59. The molecule has 1 fully saturated rings. The Morgan fingerprint density at radius 2 is 2.32 bits per heavy atom. The van der Waals surface area contributed by atoms with Crippen LogP contribution in [0.3, 0.4) is 0 Å². The fraction of sp³-hybridized carbons (Fsp3) is 0.533. The van der Waals surface area contributed by atoms with Crippen molar-refractivity contribution in [3.8, 4) is 0 Å². The largest absolute Gasteiger partial charge is 0.385 e. The van der Waals surface area contributed by atoms with E-state index in [1.54, 1.807) is 7.11 Å². The first-order valence-electron chi connectivity index (χ1n) is 6.73. The maximum atomic E-state index is 12.1. The molecule has 104 valence electrons. The molecule has 1 aromatic rings. The van der Waals surface area contributed by atoms with Crippen molar-refractivity contribution >= 4 is 5.91 Å². The van der Waals surface area contributed by atoms with Gasteiger partial charge in [0.05, 0.1) is 6.54 Å². The Kier molecular flexibility index (Phi) is 4.56. The number of benzene rings is 1. The van der Waals surface area contributed by atoms with Crippen LogP contribution in [0.15, 0.2) is 24.3 Å². The number of amides is 1. The Labute approximate surface area is 114 Å². The molecule has 2 atom stereocenters. The molecule has 1 aliphatic heterocycles. The molecule has 4 heteroatoms. The van der Waals surface area contributed by atoms with Gasteiger partial charge in [-0.2, -0.15) is 0 Å². The first-order valence-corrected chi connectivity index (χ1v) is 6.73. The summed E-state index contributed by atoms with van der Waals surface area (Å²) in [5.74, 6) is 0.162. The van der Waals surface area contributed by atoms with Crippen LogP contribution in [-0.2, 0) is 9.53 Å². The molecule has 19 heavy (non-hydrogen) atoms.